The molecule has 0 unspecified atom stereocenters. The number of carbonyl (C=O) groups excluding carboxylic acids is 1. The zero-order valence-electron chi connectivity index (χ0n) is 13.2. The molecule has 0 saturated carbocycles. The van der Waals surface area contributed by atoms with Crippen LogP contribution in [0.2, 0.25) is 0 Å². The number of halogens is 1. The summed E-state index contributed by atoms with van der Waals surface area (Å²) in [6.07, 6.45) is 3.12. The van der Waals surface area contributed by atoms with Crippen molar-refractivity contribution in [1.29, 1.82) is 0 Å². The molecule has 3 aromatic rings. The molecule has 1 N–H and O–H groups in total. The molecule has 24 heavy (non-hydrogen) atoms. The highest BCUT2D eigenvalue weighted by Crippen LogP contribution is 2.10. The van der Waals surface area contributed by atoms with Crippen molar-refractivity contribution >= 4 is 5.91 Å². The minimum absolute atomic E-state index is 0.191. The van der Waals surface area contributed by atoms with Gasteiger partial charge >= 0.3 is 0 Å². The number of aryl methyl sites for hydroxylation is 1. The number of rotatable bonds is 5. The predicted octanol–water partition coefficient (Wildman–Crippen LogP) is 2.70. The Kier molecular flexibility index (Phi) is 4.65. The van der Waals surface area contributed by atoms with E-state index in [1.165, 1.54) is 12.4 Å². The van der Waals surface area contributed by atoms with E-state index in [0.29, 0.717) is 17.7 Å². The van der Waals surface area contributed by atoms with Crippen LogP contribution in [0.5, 0.6) is 0 Å². The van der Waals surface area contributed by atoms with Gasteiger partial charge < -0.3 is 5.32 Å². The Morgan fingerprint density at radius 1 is 1.17 bits per heavy atom. The van der Waals surface area contributed by atoms with Gasteiger partial charge in [-0.1, -0.05) is 24.3 Å². The minimum atomic E-state index is -0.265. The van der Waals surface area contributed by atoms with E-state index in [4.69, 9.17) is 0 Å². The standard InChI is InChI=1S/C18H17FN4O/c1-13-2-3-15(8-17(13)19)9-21-18(24)16-6-4-14(5-7-16)10-23-12-20-11-22-23/h2-8,11-12H,9-10H2,1H3,(H,21,24). The van der Waals surface area contributed by atoms with E-state index in [2.05, 4.69) is 15.4 Å². The smallest absolute Gasteiger partial charge is 0.251 e. The molecule has 0 bridgehead atoms. The summed E-state index contributed by atoms with van der Waals surface area (Å²) >= 11 is 0. The van der Waals surface area contributed by atoms with Crippen LogP contribution in [0.25, 0.3) is 0 Å². The van der Waals surface area contributed by atoms with Crippen LogP contribution in [0.3, 0.4) is 0 Å². The van der Waals surface area contributed by atoms with E-state index in [1.54, 1.807) is 42.2 Å². The van der Waals surface area contributed by atoms with Crippen molar-refractivity contribution in [1.82, 2.24) is 20.1 Å². The molecule has 0 aliphatic rings. The largest absolute Gasteiger partial charge is 0.348 e. The Hall–Kier alpha value is -3.02. The maximum absolute atomic E-state index is 13.5. The maximum Gasteiger partial charge on any atom is 0.251 e. The van der Waals surface area contributed by atoms with Gasteiger partial charge in [0.05, 0.1) is 6.54 Å². The van der Waals surface area contributed by atoms with Crippen LogP contribution < -0.4 is 5.32 Å². The molecule has 6 heteroatoms. The second-order valence-electron chi connectivity index (χ2n) is 5.56. The third-order valence-corrected chi connectivity index (χ3v) is 3.72. The second kappa shape index (κ2) is 7.04. The fourth-order valence-electron chi connectivity index (χ4n) is 2.29. The van der Waals surface area contributed by atoms with Crippen LogP contribution in [0.1, 0.15) is 27.0 Å². The summed E-state index contributed by atoms with van der Waals surface area (Å²) < 4.78 is 15.2. The first-order valence-corrected chi connectivity index (χ1v) is 7.56. The summed E-state index contributed by atoms with van der Waals surface area (Å²) in [4.78, 5) is 16.1. The van der Waals surface area contributed by atoms with E-state index in [1.807, 2.05) is 12.1 Å². The predicted molar refractivity (Wildman–Crippen MR) is 87.9 cm³/mol. The van der Waals surface area contributed by atoms with Crippen LogP contribution in [-0.4, -0.2) is 20.7 Å². The van der Waals surface area contributed by atoms with Gasteiger partial charge in [-0.05, 0) is 41.8 Å². The van der Waals surface area contributed by atoms with E-state index in [0.717, 1.165) is 11.1 Å². The number of nitrogens with zero attached hydrogens (tertiary/aromatic N) is 3. The lowest BCUT2D eigenvalue weighted by molar-refractivity contribution is 0.0951. The fourth-order valence-corrected chi connectivity index (χ4v) is 2.29. The lowest BCUT2D eigenvalue weighted by Crippen LogP contribution is -2.22. The van der Waals surface area contributed by atoms with Crippen molar-refractivity contribution in [2.75, 3.05) is 0 Å². The Morgan fingerprint density at radius 2 is 1.92 bits per heavy atom. The minimum Gasteiger partial charge on any atom is -0.348 e. The summed E-state index contributed by atoms with van der Waals surface area (Å²) in [6, 6.07) is 12.2. The van der Waals surface area contributed by atoms with Gasteiger partial charge in [0, 0.05) is 12.1 Å². The molecule has 5 nitrogen and oxygen atoms in total. The average Bonchev–Trinajstić information content (AvgIpc) is 3.09. The molecule has 0 saturated heterocycles. The number of amides is 1. The first-order valence-electron chi connectivity index (χ1n) is 7.56. The topological polar surface area (TPSA) is 59.8 Å². The third kappa shape index (κ3) is 3.84. The lowest BCUT2D eigenvalue weighted by Gasteiger charge is -2.07. The Bertz CT molecular complexity index is 829. The van der Waals surface area contributed by atoms with Gasteiger partial charge in [0.1, 0.15) is 18.5 Å². The van der Waals surface area contributed by atoms with E-state index < -0.39 is 0 Å². The number of nitrogens with one attached hydrogen (secondary N) is 1. The van der Waals surface area contributed by atoms with Gasteiger partial charge in [-0.3, -0.25) is 4.79 Å². The van der Waals surface area contributed by atoms with Crippen LogP contribution in [0.15, 0.2) is 55.1 Å². The molecule has 0 radical (unpaired) electrons. The van der Waals surface area contributed by atoms with Gasteiger partial charge in [-0.2, -0.15) is 5.10 Å². The quantitative estimate of drug-likeness (QED) is 0.785. The maximum atomic E-state index is 13.5. The third-order valence-electron chi connectivity index (χ3n) is 3.72. The SMILES string of the molecule is Cc1ccc(CNC(=O)c2ccc(Cn3cncn3)cc2)cc1F. The highest BCUT2D eigenvalue weighted by molar-refractivity contribution is 5.94. The van der Waals surface area contributed by atoms with Crippen LogP contribution in [0.4, 0.5) is 4.39 Å². The molecule has 0 aliphatic heterocycles. The summed E-state index contributed by atoms with van der Waals surface area (Å²) in [6.45, 7) is 2.60. The molecule has 0 aliphatic carbocycles. The van der Waals surface area contributed by atoms with Crippen molar-refractivity contribution in [3.8, 4) is 0 Å². The molecule has 1 amide bonds. The van der Waals surface area contributed by atoms with Crippen LogP contribution >= 0.6 is 0 Å². The molecular formula is C18H17FN4O. The molecule has 0 fully saturated rings. The van der Waals surface area contributed by atoms with E-state index in [-0.39, 0.29) is 18.3 Å². The Morgan fingerprint density at radius 3 is 2.58 bits per heavy atom. The molecule has 0 spiro atoms. The van der Waals surface area contributed by atoms with Crippen molar-refractivity contribution in [2.45, 2.75) is 20.0 Å². The summed E-state index contributed by atoms with van der Waals surface area (Å²) in [7, 11) is 0. The second-order valence-corrected chi connectivity index (χ2v) is 5.56. The zero-order chi connectivity index (χ0) is 16.9. The molecular weight excluding hydrogens is 307 g/mol. The van der Waals surface area contributed by atoms with E-state index >= 15 is 0 Å². The van der Waals surface area contributed by atoms with Gasteiger partial charge in [0.2, 0.25) is 0 Å². The molecule has 2 aromatic carbocycles. The summed E-state index contributed by atoms with van der Waals surface area (Å²) in [5, 5.41) is 6.83. The van der Waals surface area contributed by atoms with Gasteiger partial charge in [-0.25, -0.2) is 14.1 Å². The van der Waals surface area contributed by atoms with Crippen molar-refractivity contribution in [3.05, 3.63) is 83.2 Å². The van der Waals surface area contributed by atoms with Gasteiger partial charge in [0.15, 0.2) is 0 Å². The highest BCUT2D eigenvalue weighted by Gasteiger charge is 2.06. The first kappa shape index (κ1) is 15.9. The van der Waals surface area contributed by atoms with Crippen molar-refractivity contribution in [2.24, 2.45) is 0 Å². The average molecular weight is 324 g/mol. The highest BCUT2D eigenvalue weighted by atomic mass is 19.1. The number of aromatic nitrogens is 3. The van der Waals surface area contributed by atoms with Crippen LogP contribution in [-0.2, 0) is 13.1 Å². The number of hydrogen-bond acceptors (Lipinski definition) is 3. The molecule has 1 heterocycles. The molecule has 1 aromatic heterocycles. The Labute approximate surface area is 139 Å². The first-order chi connectivity index (χ1) is 11.6. The number of carbonyl (C=O) groups is 1. The van der Waals surface area contributed by atoms with E-state index in [9.17, 15) is 9.18 Å². The molecule has 3 rings (SSSR count). The fraction of sp³-hybridized carbons (Fsp3) is 0.167. The zero-order valence-corrected chi connectivity index (χ0v) is 13.2. The van der Waals surface area contributed by atoms with Crippen molar-refractivity contribution in [3.63, 3.8) is 0 Å². The monoisotopic (exact) mass is 324 g/mol. The van der Waals surface area contributed by atoms with Gasteiger partial charge in [0.25, 0.3) is 5.91 Å². The number of hydrogen-bond donors (Lipinski definition) is 1. The summed E-state index contributed by atoms with van der Waals surface area (Å²) in [5.74, 6) is -0.456. The molecule has 122 valence electrons. The number of benzene rings is 2. The van der Waals surface area contributed by atoms with Crippen molar-refractivity contribution < 1.29 is 9.18 Å². The van der Waals surface area contributed by atoms with Crippen LogP contribution in [0, 0.1) is 12.7 Å². The normalized spacial score (nSPS) is 10.6. The van der Waals surface area contributed by atoms with Gasteiger partial charge in [-0.15, -0.1) is 0 Å². The molecule has 0 atom stereocenters. The lowest BCUT2D eigenvalue weighted by atomic mass is 10.1. The summed E-state index contributed by atoms with van der Waals surface area (Å²) in [5.41, 5.74) is 2.91. The Balaban J connectivity index is 1.59.